The molecule has 0 amide bonds. The molecule has 1 rings (SSSR count). The molecule has 0 heterocycles. The number of nitro groups is 1. The number of amidine groups is 1. The monoisotopic (exact) mass is 358 g/mol. The van der Waals surface area contributed by atoms with Gasteiger partial charge in [0.15, 0.2) is 5.17 Å². The van der Waals surface area contributed by atoms with Crippen LogP contribution in [0, 0.1) is 10.1 Å². The van der Waals surface area contributed by atoms with Crippen LogP contribution in [-0.4, -0.2) is 27.2 Å². The molecule has 0 atom stereocenters. The third kappa shape index (κ3) is 4.67. The first-order valence-corrected chi connectivity index (χ1v) is 7.00. The minimum absolute atomic E-state index is 0.160. The van der Waals surface area contributed by atoms with Crippen molar-refractivity contribution in [2.45, 2.75) is 0 Å². The van der Waals surface area contributed by atoms with E-state index in [4.69, 9.17) is 5.73 Å². The zero-order valence-electron chi connectivity index (χ0n) is 10.2. The highest BCUT2D eigenvalue weighted by Crippen LogP contribution is 2.31. The Morgan fingerprint density at radius 1 is 1.65 bits per heavy atom. The summed E-state index contributed by atoms with van der Waals surface area (Å²) in [6.07, 6.45) is 2.86. The van der Waals surface area contributed by atoms with Gasteiger partial charge in [-0.15, -0.1) is 11.7 Å². The number of nitrogens with two attached hydrogens (primary N) is 1. The number of aromatic hydroxyl groups is 1. The van der Waals surface area contributed by atoms with E-state index in [0.29, 0.717) is 5.75 Å². The van der Waals surface area contributed by atoms with Crippen LogP contribution in [0.25, 0.3) is 0 Å². The Morgan fingerprint density at radius 3 is 2.95 bits per heavy atom. The molecule has 0 unspecified atom stereocenters. The summed E-state index contributed by atoms with van der Waals surface area (Å²) in [5.74, 6) is 0.435. The average molecular weight is 359 g/mol. The summed E-state index contributed by atoms with van der Waals surface area (Å²) in [5.41, 5.74) is 5.53. The van der Waals surface area contributed by atoms with Gasteiger partial charge in [-0.05, 0) is 15.9 Å². The SMILES string of the molecule is C=CCSC(N)=NN=Cc1cc([N+](=O)[O-])cc(Br)c1O. The van der Waals surface area contributed by atoms with Gasteiger partial charge in [0.25, 0.3) is 5.69 Å². The van der Waals surface area contributed by atoms with Gasteiger partial charge in [-0.25, -0.2) is 0 Å². The summed E-state index contributed by atoms with van der Waals surface area (Å²) in [7, 11) is 0. The lowest BCUT2D eigenvalue weighted by molar-refractivity contribution is -0.385. The maximum Gasteiger partial charge on any atom is 0.271 e. The molecule has 7 nitrogen and oxygen atoms in total. The molecule has 0 aliphatic rings. The van der Waals surface area contributed by atoms with Gasteiger partial charge in [-0.1, -0.05) is 17.8 Å². The van der Waals surface area contributed by atoms with Crippen molar-refractivity contribution in [3.63, 3.8) is 0 Å². The van der Waals surface area contributed by atoms with Gasteiger partial charge in [0.2, 0.25) is 0 Å². The van der Waals surface area contributed by atoms with Gasteiger partial charge in [-0.2, -0.15) is 5.10 Å². The first-order valence-electron chi connectivity index (χ1n) is 5.22. The molecule has 0 aromatic heterocycles. The Bertz CT molecular complexity index is 589. The largest absolute Gasteiger partial charge is 0.506 e. The van der Waals surface area contributed by atoms with Crippen LogP contribution >= 0.6 is 27.7 Å². The van der Waals surface area contributed by atoms with Crippen molar-refractivity contribution in [3.8, 4) is 5.75 Å². The fourth-order valence-corrected chi connectivity index (χ4v) is 1.99. The molecular weight excluding hydrogens is 348 g/mol. The third-order valence-electron chi connectivity index (χ3n) is 1.99. The van der Waals surface area contributed by atoms with Crippen molar-refractivity contribution < 1.29 is 10.0 Å². The van der Waals surface area contributed by atoms with E-state index in [0.717, 1.165) is 0 Å². The van der Waals surface area contributed by atoms with Gasteiger partial charge in [-0.3, -0.25) is 10.1 Å². The average Bonchev–Trinajstić information content (AvgIpc) is 2.40. The number of phenols is 1. The number of thioether (sulfide) groups is 1. The van der Waals surface area contributed by atoms with E-state index in [-0.39, 0.29) is 26.6 Å². The maximum atomic E-state index is 10.7. The molecule has 3 N–H and O–H groups in total. The van der Waals surface area contributed by atoms with Gasteiger partial charge in [0.05, 0.1) is 15.6 Å². The molecule has 20 heavy (non-hydrogen) atoms. The highest BCUT2D eigenvalue weighted by atomic mass is 79.9. The number of halogens is 1. The molecule has 9 heteroatoms. The van der Waals surface area contributed by atoms with E-state index in [1.165, 1.54) is 30.1 Å². The maximum absolute atomic E-state index is 10.7. The normalized spacial score (nSPS) is 11.8. The number of phenolic OH excluding ortho intramolecular Hbond substituents is 1. The van der Waals surface area contributed by atoms with Gasteiger partial charge >= 0.3 is 0 Å². The van der Waals surface area contributed by atoms with Gasteiger partial charge in [0.1, 0.15) is 5.75 Å². The van der Waals surface area contributed by atoms with Crippen molar-refractivity contribution in [1.82, 2.24) is 0 Å². The summed E-state index contributed by atoms with van der Waals surface area (Å²) < 4.78 is 0.200. The second kappa shape index (κ2) is 7.65. The molecule has 1 aromatic rings. The van der Waals surface area contributed by atoms with Gasteiger partial charge in [0, 0.05) is 23.4 Å². The van der Waals surface area contributed by atoms with Crippen molar-refractivity contribution in [3.05, 3.63) is 44.9 Å². The van der Waals surface area contributed by atoms with E-state index in [9.17, 15) is 15.2 Å². The summed E-state index contributed by atoms with van der Waals surface area (Å²) in [6, 6.07) is 2.39. The van der Waals surface area contributed by atoms with Crippen LogP contribution in [0.5, 0.6) is 5.75 Å². The number of rotatable bonds is 5. The number of non-ortho nitro benzene ring substituents is 1. The first-order chi connectivity index (χ1) is 9.45. The predicted octanol–water partition coefficient (Wildman–Crippen LogP) is 2.63. The highest BCUT2D eigenvalue weighted by Gasteiger charge is 2.13. The molecule has 0 saturated carbocycles. The highest BCUT2D eigenvalue weighted by molar-refractivity contribution is 9.10. The van der Waals surface area contributed by atoms with Crippen LogP contribution in [0.3, 0.4) is 0 Å². The fourth-order valence-electron chi connectivity index (χ4n) is 1.13. The fraction of sp³-hybridized carbons (Fsp3) is 0.0909. The Hall–Kier alpha value is -1.87. The molecule has 0 bridgehead atoms. The number of nitro benzene ring substituents is 1. The quantitative estimate of drug-likeness (QED) is 0.276. The standard InChI is InChI=1S/C11H11BrN4O3S/c1-2-3-20-11(13)15-14-6-7-4-8(16(18)19)5-9(12)10(7)17/h2,4-6,17H,1,3H2,(H2,13,15). The molecule has 0 aliphatic carbocycles. The van der Waals surface area contributed by atoms with Crippen molar-refractivity contribution in [2.24, 2.45) is 15.9 Å². The zero-order chi connectivity index (χ0) is 15.1. The molecule has 106 valence electrons. The molecule has 0 aliphatic heterocycles. The first kappa shape index (κ1) is 16.2. The summed E-state index contributed by atoms with van der Waals surface area (Å²) >= 11 is 4.27. The Kier molecular flexibility index (Phi) is 6.19. The number of benzene rings is 1. The van der Waals surface area contributed by atoms with E-state index in [1.807, 2.05) is 0 Å². The van der Waals surface area contributed by atoms with Crippen LogP contribution in [-0.2, 0) is 0 Å². The molecule has 0 spiro atoms. The Balaban J connectivity index is 2.96. The topological polar surface area (TPSA) is 114 Å². The van der Waals surface area contributed by atoms with Crippen LogP contribution in [0.1, 0.15) is 5.56 Å². The van der Waals surface area contributed by atoms with Crippen molar-refractivity contribution >= 4 is 44.8 Å². The summed E-state index contributed by atoms with van der Waals surface area (Å²) in [5, 5.41) is 28.1. The molecule has 0 radical (unpaired) electrons. The second-order valence-corrected chi connectivity index (χ2v) is 5.30. The van der Waals surface area contributed by atoms with Gasteiger partial charge < -0.3 is 10.8 Å². The Morgan fingerprint density at radius 2 is 2.35 bits per heavy atom. The Labute approximate surface area is 127 Å². The van der Waals surface area contributed by atoms with E-state index in [1.54, 1.807) is 6.08 Å². The number of hydrogen-bond acceptors (Lipinski definition) is 6. The molecular formula is C11H11BrN4O3S. The minimum Gasteiger partial charge on any atom is -0.506 e. The smallest absolute Gasteiger partial charge is 0.271 e. The predicted molar refractivity (Wildman–Crippen MR) is 84.3 cm³/mol. The van der Waals surface area contributed by atoms with E-state index < -0.39 is 4.92 Å². The zero-order valence-corrected chi connectivity index (χ0v) is 12.6. The molecule has 0 fully saturated rings. The lowest BCUT2D eigenvalue weighted by atomic mass is 10.2. The van der Waals surface area contributed by atoms with Crippen molar-refractivity contribution in [1.29, 1.82) is 0 Å². The number of hydrogen-bond donors (Lipinski definition) is 2. The van der Waals surface area contributed by atoms with Crippen LogP contribution in [0.4, 0.5) is 5.69 Å². The number of nitrogens with zero attached hydrogens (tertiary/aromatic N) is 3. The minimum atomic E-state index is -0.570. The lowest BCUT2D eigenvalue weighted by Gasteiger charge is -2.01. The summed E-state index contributed by atoms with van der Waals surface area (Å²) in [6.45, 7) is 3.54. The summed E-state index contributed by atoms with van der Waals surface area (Å²) in [4.78, 5) is 10.1. The van der Waals surface area contributed by atoms with E-state index >= 15 is 0 Å². The van der Waals surface area contributed by atoms with Crippen LogP contribution in [0.15, 0.2) is 39.5 Å². The molecule has 0 saturated heterocycles. The lowest BCUT2D eigenvalue weighted by Crippen LogP contribution is -2.05. The third-order valence-corrected chi connectivity index (χ3v) is 3.37. The van der Waals surface area contributed by atoms with Crippen LogP contribution < -0.4 is 5.73 Å². The van der Waals surface area contributed by atoms with Crippen LogP contribution in [0.2, 0.25) is 0 Å². The van der Waals surface area contributed by atoms with E-state index in [2.05, 4.69) is 32.7 Å². The second-order valence-electron chi connectivity index (χ2n) is 3.41. The molecule has 1 aromatic carbocycles. The van der Waals surface area contributed by atoms with Crippen molar-refractivity contribution in [2.75, 3.05) is 5.75 Å².